The average Bonchev–Trinajstić information content (AvgIpc) is 2.42. The van der Waals surface area contributed by atoms with E-state index in [-0.39, 0.29) is 5.91 Å². The van der Waals surface area contributed by atoms with Gasteiger partial charge in [-0.25, -0.2) is 0 Å². The summed E-state index contributed by atoms with van der Waals surface area (Å²) >= 11 is 0. The van der Waals surface area contributed by atoms with E-state index in [0.717, 1.165) is 6.42 Å². The predicted octanol–water partition coefficient (Wildman–Crippen LogP) is 4.99. The van der Waals surface area contributed by atoms with Crippen LogP contribution in [0.4, 0.5) is 0 Å². The molecule has 0 aromatic rings. The summed E-state index contributed by atoms with van der Waals surface area (Å²) in [5, 5.41) is 2.81. The van der Waals surface area contributed by atoms with Crippen LogP contribution in [0.15, 0.2) is 12.7 Å². The molecule has 0 heterocycles. The second-order valence-electron chi connectivity index (χ2n) is 5.38. The molecular weight excluding hydrogens is 234 g/mol. The smallest absolute Gasteiger partial charge is 0.220 e. The Morgan fingerprint density at radius 3 is 1.84 bits per heavy atom. The van der Waals surface area contributed by atoms with Gasteiger partial charge in [-0.2, -0.15) is 0 Å². The molecule has 112 valence electrons. The van der Waals surface area contributed by atoms with E-state index in [1.165, 1.54) is 64.2 Å². The molecule has 1 N–H and O–H groups in total. The zero-order valence-electron chi connectivity index (χ0n) is 12.9. The standard InChI is InChI=1S/C17H33NO/c1-3-5-6-7-8-9-10-11-12-13-14-15-17(19)18-16-4-2/h4H,2-3,5-16H2,1H3,(H,18,19). The van der Waals surface area contributed by atoms with Gasteiger partial charge in [0, 0.05) is 13.0 Å². The minimum atomic E-state index is 0.163. The van der Waals surface area contributed by atoms with Crippen LogP contribution in [0.1, 0.15) is 84.0 Å². The van der Waals surface area contributed by atoms with Gasteiger partial charge in [-0.1, -0.05) is 77.2 Å². The third kappa shape index (κ3) is 15.2. The fraction of sp³-hybridized carbons (Fsp3) is 0.824. The van der Waals surface area contributed by atoms with Crippen molar-refractivity contribution in [1.82, 2.24) is 5.32 Å². The number of rotatable bonds is 14. The molecule has 0 saturated heterocycles. The maximum atomic E-state index is 11.3. The van der Waals surface area contributed by atoms with E-state index in [2.05, 4.69) is 18.8 Å². The summed E-state index contributed by atoms with van der Waals surface area (Å²) in [5.41, 5.74) is 0. The topological polar surface area (TPSA) is 29.1 Å². The van der Waals surface area contributed by atoms with Crippen molar-refractivity contribution in [2.45, 2.75) is 84.0 Å². The second kappa shape index (κ2) is 15.3. The Bertz CT molecular complexity index is 213. The molecule has 0 saturated carbocycles. The van der Waals surface area contributed by atoms with Crippen LogP contribution in [0.25, 0.3) is 0 Å². The lowest BCUT2D eigenvalue weighted by Crippen LogP contribution is -2.22. The van der Waals surface area contributed by atoms with Gasteiger partial charge in [-0.3, -0.25) is 4.79 Å². The molecule has 0 aliphatic heterocycles. The van der Waals surface area contributed by atoms with E-state index in [4.69, 9.17) is 0 Å². The number of unbranched alkanes of at least 4 members (excludes halogenated alkanes) is 10. The van der Waals surface area contributed by atoms with Crippen LogP contribution in [0, 0.1) is 0 Å². The molecule has 0 rings (SSSR count). The highest BCUT2D eigenvalue weighted by Gasteiger charge is 1.98. The maximum absolute atomic E-state index is 11.3. The fourth-order valence-electron chi connectivity index (χ4n) is 2.22. The minimum absolute atomic E-state index is 0.163. The maximum Gasteiger partial charge on any atom is 0.220 e. The largest absolute Gasteiger partial charge is 0.353 e. The van der Waals surface area contributed by atoms with Crippen molar-refractivity contribution in [3.8, 4) is 0 Å². The van der Waals surface area contributed by atoms with Gasteiger partial charge in [-0.15, -0.1) is 6.58 Å². The summed E-state index contributed by atoms with van der Waals surface area (Å²) in [4.78, 5) is 11.3. The zero-order valence-corrected chi connectivity index (χ0v) is 12.9. The summed E-state index contributed by atoms with van der Waals surface area (Å²) in [5.74, 6) is 0.163. The van der Waals surface area contributed by atoms with Crippen LogP contribution in [0.3, 0.4) is 0 Å². The van der Waals surface area contributed by atoms with Crippen LogP contribution in [-0.4, -0.2) is 12.5 Å². The summed E-state index contributed by atoms with van der Waals surface area (Å²) < 4.78 is 0. The van der Waals surface area contributed by atoms with Crippen molar-refractivity contribution in [2.75, 3.05) is 6.54 Å². The number of nitrogens with one attached hydrogen (secondary N) is 1. The van der Waals surface area contributed by atoms with Crippen LogP contribution >= 0.6 is 0 Å². The van der Waals surface area contributed by atoms with E-state index in [1.54, 1.807) is 6.08 Å². The van der Waals surface area contributed by atoms with Gasteiger partial charge in [0.1, 0.15) is 0 Å². The molecule has 0 fully saturated rings. The Labute approximate surface area is 120 Å². The van der Waals surface area contributed by atoms with Gasteiger partial charge in [0.2, 0.25) is 5.91 Å². The van der Waals surface area contributed by atoms with E-state index in [9.17, 15) is 4.79 Å². The van der Waals surface area contributed by atoms with E-state index < -0.39 is 0 Å². The number of carbonyl (C=O) groups is 1. The van der Waals surface area contributed by atoms with Crippen LogP contribution in [0.2, 0.25) is 0 Å². The first kappa shape index (κ1) is 18.2. The van der Waals surface area contributed by atoms with Gasteiger partial charge < -0.3 is 5.32 Å². The van der Waals surface area contributed by atoms with Crippen molar-refractivity contribution in [3.63, 3.8) is 0 Å². The SMILES string of the molecule is C=CCNC(=O)CCCCCCCCCCCCC. The normalized spacial score (nSPS) is 10.4. The highest BCUT2D eigenvalue weighted by molar-refractivity contribution is 5.75. The molecule has 0 spiro atoms. The molecule has 0 atom stereocenters. The van der Waals surface area contributed by atoms with Gasteiger partial charge >= 0.3 is 0 Å². The van der Waals surface area contributed by atoms with Crippen molar-refractivity contribution in [1.29, 1.82) is 0 Å². The van der Waals surface area contributed by atoms with Crippen LogP contribution in [-0.2, 0) is 4.79 Å². The van der Waals surface area contributed by atoms with E-state index >= 15 is 0 Å². The molecule has 0 bridgehead atoms. The quantitative estimate of drug-likeness (QED) is 0.348. The Kier molecular flexibility index (Phi) is 14.6. The average molecular weight is 267 g/mol. The molecule has 2 heteroatoms. The number of hydrogen-bond acceptors (Lipinski definition) is 1. The highest BCUT2D eigenvalue weighted by Crippen LogP contribution is 2.11. The van der Waals surface area contributed by atoms with E-state index in [0.29, 0.717) is 13.0 Å². The molecular formula is C17H33NO. The molecule has 2 nitrogen and oxygen atoms in total. The molecule has 19 heavy (non-hydrogen) atoms. The Morgan fingerprint density at radius 1 is 0.895 bits per heavy atom. The molecule has 0 aromatic heterocycles. The molecule has 0 radical (unpaired) electrons. The third-order valence-corrected chi connectivity index (χ3v) is 3.45. The number of hydrogen-bond donors (Lipinski definition) is 1. The lowest BCUT2D eigenvalue weighted by atomic mass is 10.1. The van der Waals surface area contributed by atoms with Crippen LogP contribution in [0.5, 0.6) is 0 Å². The highest BCUT2D eigenvalue weighted by atomic mass is 16.1. The Hall–Kier alpha value is -0.790. The lowest BCUT2D eigenvalue weighted by molar-refractivity contribution is -0.121. The van der Waals surface area contributed by atoms with Crippen LogP contribution < -0.4 is 5.32 Å². The molecule has 0 aliphatic carbocycles. The second-order valence-corrected chi connectivity index (χ2v) is 5.38. The van der Waals surface area contributed by atoms with Gasteiger partial charge in [0.15, 0.2) is 0 Å². The zero-order chi connectivity index (χ0) is 14.2. The Morgan fingerprint density at radius 2 is 1.37 bits per heavy atom. The lowest BCUT2D eigenvalue weighted by Gasteiger charge is -2.03. The van der Waals surface area contributed by atoms with E-state index in [1.807, 2.05) is 0 Å². The van der Waals surface area contributed by atoms with Crippen molar-refractivity contribution >= 4 is 5.91 Å². The van der Waals surface area contributed by atoms with Crippen molar-refractivity contribution in [3.05, 3.63) is 12.7 Å². The monoisotopic (exact) mass is 267 g/mol. The predicted molar refractivity (Wildman–Crippen MR) is 84.3 cm³/mol. The minimum Gasteiger partial charge on any atom is -0.353 e. The van der Waals surface area contributed by atoms with Gasteiger partial charge in [0.25, 0.3) is 0 Å². The molecule has 0 aliphatic rings. The molecule has 0 aromatic carbocycles. The first-order valence-electron chi connectivity index (χ1n) is 8.18. The van der Waals surface area contributed by atoms with Crippen molar-refractivity contribution in [2.24, 2.45) is 0 Å². The summed E-state index contributed by atoms with van der Waals surface area (Å²) in [6, 6.07) is 0. The van der Waals surface area contributed by atoms with Crippen molar-refractivity contribution < 1.29 is 4.79 Å². The Balaban J connectivity index is 3.06. The van der Waals surface area contributed by atoms with Gasteiger partial charge in [0.05, 0.1) is 0 Å². The molecule has 1 amide bonds. The van der Waals surface area contributed by atoms with Gasteiger partial charge in [-0.05, 0) is 6.42 Å². The number of carbonyl (C=O) groups excluding carboxylic acids is 1. The first-order valence-corrected chi connectivity index (χ1v) is 8.18. The fourth-order valence-corrected chi connectivity index (χ4v) is 2.22. The third-order valence-electron chi connectivity index (χ3n) is 3.45. The first-order chi connectivity index (χ1) is 9.31. The summed E-state index contributed by atoms with van der Waals surface area (Å²) in [7, 11) is 0. The summed E-state index contributed by atoms with van der Waals surface area (Å²) in [6.45, 7) is 6.44. The molecule has 0 unspecified atom stereocenters. The summed E-state index contributed by atoms with van der Waals surface area (Å²) in [6.07, 6.45) is 17.0. The number of amides is 1.